The van der Waals surface area contributed by atoms with Gasteiger partial charge >= 0.3 is 0 Å². The summed E-state index contributed by atoms with van der Waals surface area (Å²) in [6.07, 6.45) is 1.51. The Morgan fingerprint density at radius 1 is 1.00 bits per heavy atom. The molecule has 1 aliphatic heterocycles. The SMILES string of the molecule is O=C1/C(=C\c2ccc(Cl)c(Cl)c2)SC(=S)N1S(=O)(=O)c1ccc(Cl)cc1. The molecule has 1 fully saturated rings. The molecule has 0 unspecified atom stereocenters. The molecule has 26 heavy (non-hydrogen) atoms. The number of hydrogen-bond donors (Lipinski definition) is 0. The summed E-state index contributed by atoms with van der Waals surface area (Å²) >= 11 is 23.6. The van der Waals surface area contributed by atoms with E-state index in [0.717, 1.165) is 11.8 Å². The Morgan fingerprint density at radius 3 is 2.27 bits per heavy atom. The van der Waals surface area contributed by atoms with Crippen LogP contribution in [-0.4, -0.2) is 23.0 Å². The number of nitrogens with zero attached hydrogens (tertiary/aromatic N) is 1. The van der Waals surface area contributed by atoms with Crippen molar-refractivity contribution >= 4 is 85.1 Å². The molecule has 1 heterocycles. The highest BCUT2D eigenvalue weighted by Crippen LogP contribution is 2.37. The number of carbonyl (C=O) groups is 1. The molecule has 0 aliphatic carbocycles. The molecular weight excluding hydrogens is 457 g/mol. The smallest absolute Gasteiger partial charge is 0.267 e. The van der Waals surface area contributed by atoms with Crippen molar-refractivity contribution < 1.29 is 13.2 Å². The summed E-state index contributed by atoms with van der Waals surface area (Å²) in [4.78, 5) is 12.7. The molecule has 10 heteroatoms. The number of sulfonamides is 1. The van der Waals surface area contributed by atoms with Crippen molar-refractivity contribution in [2.45, 2.75) is 4.90 Å². The Labute approximate surface area is 174 Å². The van der Waals surface area contributed by atoms with Gasteiger partial charge in [-0.15, -0.1) is 0 Å². The summed E-state index contributed by atoms with van der Waals surface area (Å²) in [6.45, 7) is 0. The van der Waals surface area contributed by atoms with Crippen molar-refractivity contribution in [1.29, 1.82) is 0 Å². The van der Waals surface area contributed by atoms with Gasteiger partial charge in [0.05, 0.1) is 19.8 Å². The van der Waals surface area contributed by atoms with Crippen LogP contribution in [0.5, 0.6) is 0 Å². The highest BCUT2D eigenvalue weighted by Gasteiger charge is 2.41. The van der Waals surface area contributed by atoms with E-state index >= 15 is 0 Å². The molecule has 0 bridgehead atoms. The molecule has 1 saturated heterocycles. The summed E-state index contributed by atoms with van der Waals surface area (Å²) in [5, 5.41) is 1.08. The molecule has 0 saturated carbocycles. The monoisotopic (exact) mass is 463 g/mol. The van der Waals surface area contributed by atoms with Crippen molar-refractivity contribution in [2.24, 2.45) is 0 Å². The molecule has 0 spiro atoms. The van der Waals surface area contributed by atoms with E-state index in [1.165, 1.54) is 30.3 Å². The molecule has 134 valence electrons. The quantitative estimate of drug-likeness (QED) is 0.459. The fraction of sp³-hybridized carbons (Fsp3) is 0. The van der Waals surface area contributed by atoms with Crippen LogP contribution in [0, 0.1) is 0 Å². The van der Waals surface area contributed by atoms with Crippen LogP contribution in [-0.2, 0) is 14.8 Å². The molecule has 0 radical (unpaired) electrons. The molecule has 0 N–H and O–H groups in total. The number of carbonyl (C=O) groups excluding carboxylic acids is 1. The van der Waals surface area contributed by atoms with Crippen LogP contribution in [0.3, 0.4) is 0 Å². The van der Waals surface area contributed by atoms with Gasteiger partial charge in [-0.1, -0.05) is 64.8 Å². The molecule has 2 aromatic rings. The molecule has 1 aliphatic rings. The Bertz CT molecular complexity index is 1050. The second-order valence-corrected chi connectivity index (χ2v) is 9.79. The van der Waals surface area contributed by atoms with Gasteiger partial charge in [-0.05, 0) is 48.0 Å². The van der Waals surface area contributed by atoms with E-state index in [1.54, 1.807) is 18.2 Å². The number of benzene rings is 2. The third kappa shape index (κ3) is 3.78. The van der Waals surface area contributed by atoms with Crippen LogP contribution in [0.1, 0.15) is 5.56 Å². The average Bonchev–Trinajstić information content (AvgIpc) is 2.85. The van der Waals surface area contributed by atoms with Crippen molar-refractivity contribution in [1.82, 2.24) is 4.31 Å². The fourth-order valence-corrected chi connectivity index (χ4v) is 5.60. The maximum absolute atomic E-state index is 12.8. The van der Waals surface area contributed by atoms with Crippen LogP contribution in [0.25, 0.3) is 6.08 Å². The molecular formula is C16H8Cl3NO3S3. The Morgan fingerprint density at radius 2 is 1.65 bits per heavy atom. The second-order valence-electron chi connectivity index (χ2n) is 5.08. The van der Waals surface area contributed by atoms with Gasteiger partial charge in [-0.25, -0.2) is 8.42 Å². The van der Waals surface area contributed by atoms with Crippen molar-refractivity contribution in [3.05, 3.63) is 68.0 Å². The minimum atomic E-state index is -4.12. The summed E-state index contributed by atoms with van der Waals surface area (Å²) in [6, 6.07) is 10.3. The van der Waals surface area contributed by atoms with E-state index < -0.39 is 15.9 Å². The molecule has 4 nitrogen and oxygen atoms in total. The van der Waals surface area contributed by atoms with Crippen LogP contribution in [0.4, 0.5) is 0 Å². The maximum atomic E-state index is 12.8. The van der Waals surface area contributed by atoms with Gasteiger partial charge in [-0.2, -0.15) is 4.31 Å². The van der Waals surface area contributed by atoms with Gasteiger partial charge in [0, 0.05) is 5.02 Å². The Kier molecular flexibility index (Phi) is 5.67. The van der Waals surface area contributed by atoms with Crippen molar-refractivity contribution in [2.75, 3.05) is 0 Å². The number of thiocarbonyl (C=S) groups is 1. The van der Waals surface area contributed by atoms with Crippen LogP contribution < -0.4 is 0 Å². The predicted molar refractivity (Wildman–Crippen MR) is 110 cm³/mol. The van der Waals surface area contributed by atoms with Gasteiger partial charge in [0.2, 0.25) is 0 Å². The molecule has 0 aromatic heterocycles. The van der Waals surface area contributed by atoms with Crippen LogP contribution in [0.15, 0.2) is 52.3 Å². The van der Waals surface area contributed by atoms with Crippen LogP contribution in [0.2, 0.25) is 15.1 Å². The zero-order chi connectivity index (χ0) is 19.1. The lowest BCUT2D eigenvalue weighted by atomic mass is 10.2. The van der Waals surface area contributed by atoms with Crippen molar-refractivity contribution in [3.63, 3.8) is 0 Å². The average molecular weight is 465 g/mol. The zero-order valence-corrected chi connectivity index (χ0v) is 17.4. The van der Waals surface area contributed by atoms with E-state index in [9.17, 15) is 13.2 Å². The summed E-state index contributed by atoms with van der Waals surface area (Å²) < 4.78 is 26.1. The van der Waals surface area contributed by atoms with Gasteiger partial charge in [0.15, 0.2) is 4.32 Å². The van der Waals surface area contributed by atoms with E-state index in [0.29, 0.717) is 24.9 Å². The number of amides is 1. The summed E-state index contributed by atoms with van der Waals surface area (Å²) in [5.41, 5.74) is 0.601. The topological polar surface area (TPSA) is 54.5 Å². The zero-order valence-electron chi connectivity index (χ0n) is 12.6. The standard InChI is InChI=1S/C16H8Cl3NO3S3/c17-10-2-4-11(5-3-10)26(22,23)20-15(21)14(25-16(20)24)8-9-1-6-12(18)13(19)7-9/h1-8H/b14-8+. The van der Waals surface area contributed by atoms with Gasteiger partial charge in [0.25, 0.3) is 15.9 Å². The van der Waals surface area contributed by atoms with Gasteiger partial charge < -0.3 is 0 Å². The maximum Gasteiger partial charge on any atom is 0.280 e. The van der Waals surface area contributed by atoms with E-state index in [1.807, 2.05) is 0 Å². The number of rotatable bonds is 3. The lowest BCUT2D eigenvalue weighted by Gasteiger charge is -2.14. The van der Waals surface area contributed by atoms with Gasteiger partial charge in [0.1, 0.15) is 0 Å². The highest BCUT2D eigenvalue weighted by atomic mass is 35.5. The predicted octanol–water partition coefficient (Wildman–Crippen LogP) is 5.24. The molecule has 0 atom stereocenters. The lowest BCUT2D eigenvalue weighted by Crippen LogP contribution is -2.34. The normalized spacial score (nSPS) is 16.6. The number of halogens is 3. The molecule has 1 amide bonds. The fourth-order valence-electron chi connectivity index (χ4n) is 2.13. The summed E-state index contributed by atoms with van der Waals surface area (Å²) in [7, 11) is -4.12. The van der Waals surface area contributed by atoms with E-state index in [4.69, 9.17) is 47.0 Å². The largest absolute Gasteiger partial charge is 0.280 e. The van der Waals surface area contributed by atoms with E-state index in [-0.39, 0.29) is 14.1 Å². The van der Waals surface area contributed by atoms with E-state index in [2.05, 4.69) is 0 Å². The minimum Gasteiger partial charge on any atom is -0.267 e. The summed E-state index contributed by atoms with van der Waals surface area (Å²) in [5.74, 6) is -0.721. The number of thioether (sulfide) groups is 1. The molecule has 2 aromatic carbocycles. The lowest BCUT2D eigenvalue weighted by molar-refractivity contribution is -0.119. The third-order valence-electron chi connectivity index (χ3n) is 3.35. The number of hydrogen-bond acceptors (Lipinski definition) is 5. The van der Waals surface area contributed by atoms with Crippen LogP contribution >= 0.6 is 58.8 Å². The minimum absolute atomic E-state index is 0.0729. The first kappa shape index (κ1) is 19.7. The molecule has 3 rings (SSSR count). The first-order chi connectivity index (χ1) is 12.2. The first-order valence-corrected chi connectivity index (χ1v) is 10.7. The first-order valence-electron chi connectivity index (χ1n) is 6.94. The van der Waals surface area contributed by atoms with Crippen molar-refractivity contribution in [3.8, 4) is 0 Å². The Balaban J connectivity index is 1.97. The third-order valence-corrected chi connectivity index (χ3v) is 7.57. The highest BCUT2D eigenvalue weighted by molar-refractivity contribution is 8.28. The second kappa shape index (κ2) is 7.50. The Hall–Kier alpha value is -1.09. The van der Waals surface area contributed by atoms with Gasteiger partial charge in [-0.3, -0.25) is 4.79 Å².